The summed E-state index contributed by atoms with van der Waals surface area (Å²) >= 11 is 0. The van der Waals surface area contributed by atoms with Crippen LogP contribution in [0.15, 0.2) is 18.2 Å². The predicted octanol–water partition coefficient (Wildman–Crippen LogP) is 3.02. The lowest BCUT2D eigenvalue weighted by atomic mass is 9.96. The van der Waals surface area contributed by atoms with Gasteiger partial charge in [-0.1, -0.05) is 13.0 Å². The van der Waals surface area contributed by atoms with Crippen LogP contribution in [-0.2, 0) is 0 Å². The molecular formula is C15H18F2N2O. The molecule has 1 aliphatic carbocycles. The first-order valence-corrected chi connectivity index (χ1v) is 6.86. The first kappa shape index (κ1) is 14.7. The molecule has 1 aliphatic rings. The van der Waals surface area contributed by atoms with Crippen molar-refractivity contribution in [1.29, 1.82) is 5.26 Å². The third-order valence-corrected chi connectivity index (χ3v) is 3.54. The SMILES string of the molecule is CCCNC(C#N)(COc1cccc(F)c1F)C1CC1. The topological polar surface area (TPSA) is 45.0 Å². The molecule has 1 N–H and O–H groups in total. The molecule has 1 atom stereocenters. The van der Waals surface area contributed by atoms with E-state index >= 15 is 0 Å². The van der Waals surface area contributed by atoms with Crippen molar-refractivity contribution in [1.82, 2.24) is 5.32 Å². The van der Waals surface area contributed by atoms with Gasteiger partial charge in [0, 0.05) is 0 Å². The highest BCUT2D eigenvalue weighted by atomic mass is 19.2. The first-order valence-electron chi connectivity index (χ1n) is 6.86. The van der Waals surface area contributed by atoms with Crippen molar-refractivity contribution in [3.05, 3.63) is 29.8 Å². The Morgan fingerprint density at radius 2 is 2.20 bits per heavy atom. The molecule has 108 valence electrons. The number of benzene rings is 1. The number of ether oxygens (including phenoxy) is 1. The molecule has 1 unspecified atom stereocenters. The van der Waals surface area contributed by atoms with Crippen LogP contribution in [0.4, 0.5) is 8.78 Å². The van der Waals surface area contributed by atoms with E-state index in [9.17, 15) is 14.0 Å². The van der Waals surface area contributed by atoms with E-state index in [4.69, 9.17) is 4.74 Å². The van der Waals surface area contributed by atoms with Crippen molar-refractivity contribution in [2.75, 3.05) is 13.2 Å². The molecule has 0 spiro atoms. The lowest BCUT2D eigenvalue weighted by Crippen LogP contribution is -2.51. The molecule has 0 aromatic heterocycles. The summed E-state index contributed by atoms with van der Waals surface area (Å²) in [5.41, 5.74) is -0.811. The average Bonchev–Trinajstić information content (AvgIpc) is 3.29. The minimum atomic E-state index is -1.01. The molecule has 0 bridgehead atoms. The molecule has 1 aromatic carbocycles. The zero-order chi connectivity index (χ0) is 14.6. The van der Waals surface area contributed by atoms with Crippen LogP contribution in [0.25, 0.3) is 0 Å². The molecule has 0 aliphatic heterocycles. The maximum Gasteiger partial charge on any atom is 0.200 e. The number of nitriles is 1. The van der Waals surface area contributed by atoms with E-state index in [-0.39, 0.29) is 18.3 Å². The second-order valence-electron chi connectivity index (χ2n) is 5.12. The van der Waals surface area contributed by atoms with Gasteiger partial charge in [0.2, 0.25) is 5.82 Å². The van der Waals surface area contributed by atoms with Gasteiger partial charge < -0.3 is 4.74 Å². The number of halogens is 2. The van der Waals surface area contributed by atoms with E-state index in [0.29, 0.717) is 6.54 Å². The summed E-state index contributed by atoms with van der Waals surface area (Å²) in [4.78, 5) is 0. The van der Waals surface area contributed by atoms with E-state index in [1.165, 1.54) is 12.1 Å². The summed E-state index contributed by atoms with van der Waals surface area (Å²) in [6.07, 6.45) is 2.81. The van der Waals surface area contributed by atoms with Gasteiger partial charge in [-0.05, 0) is 43.9 Å². The second-order valence-corrected chi connectivity index (χ2v) is 5.12. The molecule has 2 rings (SSSR count). The largest absolute Gasteiger partial charge is 0.487 e. The minimum Gasteiger partial charge on any atom is -0.487 e. The summed E-state index contributed by atoms with van der Waals surface area (Å²) in [7, 11) is 0. The number of nitrogens with zero attached hydrogens (tertiary/aromatic N) is 1. The summed E-state index contributed by atoms with van der Waals surface area (Å²) < 4.78 is 32.0. The number of hydrogen-bond acceptors (Lipinski definition) is 3. The molecule has 1 fully saturated rings. The Bertz CT molecular complexity index is 511. The average molecular weight is 280 g/mol. The second kappa shape index (κ2) is 6.19. The molecule has 0 amide bonds. The Labute approximate surface area is 117 Å². The normalized spacial score (nSPS) is 17.3. The molecule has 20 heavy (non-hydrogen) atoms. The summed E-state index contributed by atoms with van der Waals surface area (Å²) in [5.74, 6) is -1.89. The number of rotatable bonds is 7. The fourth-order valence-electron chi connectivity index (χ4n) is 2.19. The maximum atomic E-state index is 13.5. The Morgan fingerprint density at radius 3 is 2.80 bits per heavy atom. The summed E-state index contributed by atoms with van der Waals surface area (Å²) in [6, 6.07) is 6.06. The van der Waals surface area contributed by atoms with Gasteiger partial charge in [-0.25, -0.2) is 4.39 Å². The molecule has 0 heterocycles. The Hall–Kier alpha value is -1.67. The van der Waals surface area contributed by atoms with E-state index in [1.807, 2.05) is 6.92 Å². The van der Waals surface area contributed by atoms with E-state index in [2.05, 4.69) is 11.4 Å². The van der Waals surface area contributed by atoms with Crippen LogP contribution < -0.4 is 10.1 Å². The molecule has 3 nitrogen and oxygen atoms in total. The van der Waals surface area contributed by atoms with Crippen LogP contribution in [0, 0.1) is 28.9 Å². The zero-order valence-electron chi connectivity index (χ0n) is 11.5. The number of hydrogen-bond donors (Lipinski definition) is 1. The molecule has 0 radical (unpaired) electrons. The Kier molecular flexibility index (Phi) is 4.56. The summed E-state index contributed by atoms with van der Waals surface area (Å²) in [5, 5.41) is 12.7. The fraction of sp³-hybridized carbons (Fsp3) is 0.533. The van der Waals surface area contributed by atoms with Crippen molar-refractivity contribution in [2.24, 2.45) is 5.92 Å². The van der Waals surface area contributed by atoms with Crippen molar-refractivity contribution in [2.45, 2.75) is 31.7 Å². The van der Waals surface area contributed by atoms with Crippen LogP contribution in [0.3, 0.4) is 0 Å². The molecular weight excluding hydrogens is 262 g/mol. The van der Waals surface area contributed by atoms with Gasteiger partial charge >= 0.3 is 0 Å². The third-order valence-electron chi connectivity index (χ3n) is 3.54. The van der Waals surface area contributed by atoms with Crippen molar-refractivity contribution in [3.63, 3.8) is 0 Å². The van der Waals surface area contributed by atoms with E-state index in [0.717, 1.165) is 25.3 Å². The van der Waals surface area contributed by atoms with Gasteiger partial charge in [0.1, 0.15) is 12.1 Å². The van der Waals surface area contributed by atoms with Gasteiger partial charge in [0.25, 0.3) is 0 Å². The third kappa shape index (κ3) is 3.07. The molecule has 1 saturated carbocycles. The lowest BCUT2D eigenvalue weighted by Gasteiger charge is -2.28. The smallest absolute Gasteiger partial charge is 0.200 e. The standard InChI is InChI=1S/C15H18F2N2O/c1-2-8-19-15(9-18,11-6-7-11)10-20-13-5-3-4-12(16)14(13)17/h3-5,11,19H,2,6-8,10H2,1H3. The van der Waals surface area contributed by atoms with Crippen LogP contribution in [0.2, 0.25) is 0 Å². The molecule has 5 heteroatoms. The van der Waals surface area contributed by atoms with Crippen LogP contribution in [0.5, 0.6) is 5.75 Å². The van der Waals surface area contributed by atoms with Crippen LogP contribution in [-0.4, -0.2) is 18.7 Å². The Morgan fingerprint density at radius 1 is 1.45 bits per heavy atom. The van der Waals surface area contributed by atoms with Crippen LogP contribution >= 0.6 is 0 Å². The quantitative estimate of drug-likeness (QED) is 0.835. The van der Waals surface area contributed by atoms with Crippen molar-refractivity contribution >= 4 is 0 Å². The van der Waals surface area contributed by atoms with Crippen LogP contribution in [0.1, 0.15) is 26.2 Å². The highest BCUT2D eigenvalue weighted by Gasteiger charge is 2.46. The maximum absolute atomic E-state index is 13.5. The highest BCUT2D eigenvalue weighted by Crippen LogP contribution is 2.40. The minimum absolute atomic E-state index is 0.0224. The van der Waals surface area contributed by atoms with E-state index < -0.39 is 17.2 Å². The number of nitrogens with one attached hydrogen (secondary N) is 1. The van der Waals surface area contributed by atoms with Gasteiger partial charge in [0.05, 0.1) is 6.07 Å². The zero-order valence-corrected chi connectivity index (χ0v) is 11.5. The Balaban J connectivity index is 2.09. The van der Waals surface area contributed by atoms with Gasteiger partial charge in [-0.3, -0.25) is 5.32 Å². The van der Waals surface area contributed by atoms with E-state index in [1.54, 1.807) is 0 Å². The molecule has 0 saturated heterocycles. The van der Waals surface area contributed by atoms with Crippen molar-refractivity contribution in [3.8, 4) is 11.8 Å². The van der Waals surface area contributed by atoms with Gasteiger partial charge in [0.15, 0.2) is 11.6 Å². The predicted molar refractivity (Wildman–Crippen MR) is 71.2 cm³/mol. The van der Waals surface area contributed by atoms with Gasteiger partial charge in [-0.2, -0.15) is 9.65 Å². The van der Waals surface area contributed by atoms with Gasteiger partial charge in [-0.15, -0.1) is 0 Å². The first-order chi connectivity index (χ1) is 9.63. The highest BCUT2D eigenvalue weighted by molar-refractivity contribution is 5.26. The monoisotopic (exact) mass is 280 g/mol. The fourth-order valence-corrected chi connectivity index (χ4v) is 2.19. The van der Waals surface area contributed by atoms with Crippen molar-refractivity contribution < 1.29 is 13.5 Å². The lowest BCUT2D eigenvalue weighted by molar-refractivity contribution is 0.194. The molecule has 1 aromatic rings. The summed E-state index contributed by atoms with van der Waals surface area (Å²) in [6.45, 7) is 2.72.